The van der Waals surface area contributed by atoms with Crippen molar-refractivity contribution < 1.29 is 19.2 Å². The second kappa shape index (κ2) is 9.96. The molecular weight excluding hydrogens is 452 g/mol. The van der Waals surface area contributed by atoms with Crippen molar-refractivity contribution in [2.24, 2.45) is 0 Å². The first-order chi connectivity index (χ1) is 16.4. The molecule has 1 aromatic heterocycles. The molecule has 1 aliphatic rings. The average molecular weight is 477 g/mol. The number of amides is 4. The summed E-state index contributed by atoms with van der Waals surface area (Å²) in [7, 11) is 0. The van der Waals surface area contributed by atoms with Crippen LogP contribution in [0.2, 0.25) is 0 Å². The van der Waals surface area contributed by atoms with E-state index in [0.29, 0.717) is 12.0 Å². The van der Waals surface area contributed by atoms with Crippen molar-refractivity contribution in [3.63, 3.8) is 0 Å². The number of rotatable bonds is 8. The Labute approximate surface area is 201 Å². The molecule has 1 unspecified atom stereocenters. The van der Waals surface area contributed by atoms with Gasteiger partial charge in [0.1, 0.15) is 17.8 Å². The van der Waals surface area contributed by atoms with Gasteiger partial charge in [0.15, 0.2) is 10.9 Å². The number of anilines is 1. The Morgan fingerprint density at radius 2 is 1.74 bits per heavy atom. The lowest BCUT2D eigenvalue weighted by atomic mass is 9.91. The minimum Gasteiger partial charge on any atom is -0.322 e. The van der Waals surface area contributed by atoms with Gasteiger partial charge in [0.25, 0.3) is 5.91 Å². The van der Waals surface area contributed by atoms with Gasteiger partial charge < -0.3 is 10.6 Å². The number of nitrogens with one attached hydrogen (secondary N) is 2. The van der Waals surface area contributed by atoms with Gasteiger partial charge in [-0.05, 0) is 11.1 Å². The number of hydrogen-bond donors (Lipinski definition) is 2. The predicted octanol–water partition coefficient (Wildman–Crippen LogP) is 4.14. The van der Waals surface area contributed by atoms with E-state index in [2.05, 4.69) is 15.6 Å². The van der Waals surface area contributed by atoms with Crippen molar-refractivity contribution in [1.29, 1.82) is 0 Å². The first kappa shape index (κ1) is 23.3. The second-order valence-electron chi connectivity index (χ2n) is 7.95. The number of carbonyl (C=O) groups excluding carboxylic acids is 4. The van der Waals surface area contributed by atoms with E-state index in [1.807, 2.05) is 36.4 Å². The lowest BCUT2D eigenvalue weighted by Gasteiger charge is -2.29. The summed E-state index contributed by atoms with van der Waals surface area (Å²) in [5.41, 5.74) is 1.71. The minimum atomic E-state index is -1.13. The number of benzene rings is 2. The normalized spacial score (nSPS) is 17.2. The number of thiazole rings is 1. The molecular formula is C25H24N4O4S. The van der Waals surface area contributed by atoms with Crippen molar-refractivity contribution in [2.45, 2.75) is 38.3 Å². The fourth-order valence-corrected chi connectivity index (χ4v) is 4.67. The standard InChI is InChI=1S/C25H24N4O4S/c1-3-19(30)18-14-34-24(26-18)28-22(31)21(15(2)16-10-6-4-7-11-16)29-23(32)20(27-25(29)33)17-12-8-5-9-13-17/h4-15,20-21H,3H2,1-2H3,(H,27,33)(H,26,28,31)/t15-,20?,21-/m0/s1. The van der Waals surface area contributed by atoms with Gasteiger partial charge >= 0.3 is 6.03 Å². The monoisotopic (exact) mass is 476 g/mol. The third kappa shape index (κ3) is 4.60. The summed E-state index contributed by atoms with van der Waals surface area (Å²) in [5.74, 6) is -1.69. The van der Waals surface area contributed by atoms with E-state index in [4.69, 9.17) is 0 Å². The summed E-state index contributed by atoms with van der Waals surface area (Å²) >= 11 is 1.12. The lowest BCUT2D eigenvalue weighted by Crippen LogP contribution is -2.50. The number of urea groups is 1. The Bertz CT molecular complexity index is 1210. The Kier molecular flexibility index (Phi) is 6.83. The van der Waals surface area contributed by atoms with Crippen molar-refractivity contribution in [3.8, 4) is 0 Å². The smallest absolute Gasteiger partial charge is 0.322 e. The minimum absolute atomic E-state index is 0.134. The number of carbonyl (C=O) groups is 4. The van der Waals surface area contributed by atoms with E-state index in [0.717, 1.165) is 21.8 Å². The van der Waals surface area contributed by atoms with Crippen LogP contribution in [0, 0.1) is 0 Å². The third-order valence-corrected chi connectivity index (χ3v) is 6.55. The Morgan fingerprint density at radius 1 is 1.09 bits per heavy atom. The van der Waals surface area contributed by atoms with Crippen LogP contribution in [0.25, 0.3) is 0 Å². The summed E-state index contributed by atoms with van der Waals surface area (Å²) in [6, 6.07) is 15.5. The van der Waals surface area contributed by atoms with E-state index in [1.165, 1.54) is 0 Å². The van der Waals surface area contributed by atoms with Crippen molar-refractivity contribution in [3.05, 3.63) is 82.9 Å². The maximum absolute atomic E-state index is 13.5. The summed E-state index contributed by atoms with van der Waals surface area (Å²) in [6.45, 7) is 3.53. The maximum Gasteiger partial charge on any atom is 0.325 e. The molecule has 1 aliphatic heterocycles. The van der Waals surface area contributed by atoms with Crippen molar-refractivity contribution in [1.82, 2.24) is 15.2 Å². The van der Waals surface area contributed by atoms with Gasteiger partial charge in [0.05, 0.1) is 0 Å². The van der Waals surface area contributed by atoms with Crippen molar-refractivity contribution in [2.75, 3.05) is 5.32 Å². The van der Waals surface area contributed by atoms with Crippen LogP contribution in [0.15, 0.2) is 66.0 Å². The highest BCUT2D eigenvalue weighted by atomic mass is 32.1. The highest BCUT2D eigenvalue weighted by Gasteiger charge is 2.47. The van der Waals surface area contributed by atoms with E-state index in [9.17, 15) is 19.2 Å². The quantitative estimate of drug-likeness (QED) is 0.375. The molecule has 174 valence electrons. The molecule has 2 heterocycles. The average Bonchev–Trinajstić information content (AvgIpc) is 3.44. The summed E-state index contributed by atoms with van der Waals surface area (Å²) in [5, 5.41) is 7.22. The SMILES string of the molecule is CCC(=O)c1csc(NC(=O)[C@H]([C@@H](C)c2ccccc2)N2C(=O)NC(c3ccccc3)C2=O)n1. The van der Waals surface area contributed by atoms with Gasteiger partial charge in [-0.25, -0.2) is 14.7 Å². The van der Waals surface area contributed by atoms with Gasteiger partial charge in [-0.3, -0.25) is 14.4 Å². The number of ketones is 1. The lowest BCUT2D eigenvalue weighted by molar-refractivity contribution is -0.134. The van der Waals surface area contributed by atoms with Crippen LogP contribution in [0.1, 0.15) is 53.8 Å². The van der Waals surface area contributed by atoms with Crippen LogP contribution < -0.4 is 10.6 Å². The number of Topliss-reactive ketones (excluding diaryl/α,β-unsaturated/α-hetero) is 1. The predicted molar refractivity (Wildman–Crippen MR) is 129 cm³/mol. The van der Waals surface area contributed by atoms with Crippen LogP contribution in [0.3, 0.4) is 0 Å². The highest BCUT2D eigenvalue weighted by Crippen LogP contribution is 2.31. The molecule has 0 saturated carbocycles. The second-order valence-corrected chi connectivity index (χ2v) is 8.81. The fraction of sp³-hybridized carbons (Fsp3) is 0.240. The molecule has 8 nitrogen and oxygen atoms in total. The van der Waals surface area contributed by atoms with Crippen LogP contribution >= 0.6 is 11.3 Å². The molecule has 9 heteroatoms. The summed E-state index contributed by atoms with van der Waals surface area (Å²) < 4.78 is 0. The molecule has 0 aliphatic carbocycles. The molecule has 34 heavy (non-hydrogen) atoms. The first-order valence-electron chi connectivity index (χ1n) is 10.9. The van der Waals surface area contributed by atoms with Gasteiger partial charge in [0, 0.05) is 17.7 Å². The largest absolute Gasteiger partial charge is 0.325 e. The van der Waals surface area contributed by atoms with Crippen molar-refractivity contribution >= 4 is 40.1 Å². The molecule has 2 N–H and O–H groups in total. The fourth-order valence-electron chi connectivity index (χ4n) is 3.96. The van der Waals surface area contributed by atoms with Gasteiger partial charge in [-0.1, -0.05) is 74.5 Å². The Hall–Kier alpha value is -3.85. The topological polar surface area (TPSA) is 108 Å². The summed E-state index contributed by atoms with van der Waals surface area (Å²) in [6.07, 6.45) is 0.300. The van der Waals surface area contributed by atoms with Crippen LogP contribution in [0.5, 0.6) is 0 Å². The third-order valence-electron chi connectivity index (χ3n) is 5.79. The first-order valence-corrected chi connectivity index (χ1v) is 11.8. The molecule has 0 bridgehead atoms. The van der Waals surface area contributed by atoms with Gasteiger partial charge in [-0.15, -0.1) is 11.3 Å². The number of hydrogen-bond acceptors (Lipinski definition) is 6. The molecule has 0 spiro atoms. The Balaban J connectivity index is 1.66. The van der Waals surface area contributed by atoms with Crippen LogP contribution in [-0.4, -0.2) is 39.6 Å². The van der Waals surface area contributed by atoms with E-state index in [-0.39, 0.29) is 16.6 Å². The maximum atomic E-state index is 13.5. The van der Waals surface area contributed by atoms with Gasteiger partial charge in [0.2, 0.25) is 5.91 Å². The molecule has 0 radical (unpaired) electrons. The number of imide groups is 1. The molecule has 1 saturated heterocycles. The molecule has 3 atom stereocenters. The zero-order valence-electron chi connectivity index (χ0n) is 18.7. The summed E-state index contributed by atoms with van der Waals surface area (Å²) in [4.78, 5) is 57.0. The molecule has 4 amide bonds. The van der Waals surface area contributed by atoms with Gasteiger partial charge in [-0.2, -0.15) is 0 Å². The van der Waals surface area contributed by atoms with Crippen LogP contribution in [-0.2, 0) is 9.59 Å². The molecule has 1 fully saturated rings. The Morgan fingerprint density at radius 3 is 2.38 bits per heavy atom. The van der Waals surface area contributed by atoms with E-state index >= 15 is 0 Å². The highest BCUT2D eigenvalue weighted by molar-refractivity contribution is 7.14. The molecule has 4 rings (SSSR count). The van der Waals surface area contributed by atoms with Crippen LogP contribution in [0.4, 0.5) is 9.93 Å². The van der Waals surface area contributed by atoms with E-state index < -0.39 is 35.8 Å². The zero-order chi connectivity index (χ0) is 24.2. The van der Waals surface area contributed by atoms with E-state index in [1.54, 1.807) is 43.5 Å². The molecule has 2 aromatic carbocycles. The number of nitrogens with zero attached hydrogens (tertiary/aromatic N) is 2. The molecule has 3 aromatic rings. The number of aromatic nitrogens is 1. The zero-order valence-corrected chi connectivity index (χ0v) is 19.5.